The summed E-state index contributed by atoms with van der Waals surface area (Å²) < 4.78 is 2.84. The number of hydrogen-bond acceptors (Lipinski definition) is 4. The first kappa shape index (κ1) is 13.2. The maximum Gasteiger partial charge on any atom is 0.183 e. The van der Waals surface area contributed by atoms with Crippen LogP contribution in [0.3, 0.4) is 0 Å². The maximum absolute atomic E-state index is 5.49. The molecule has 0 bridgehead atoms. The van der Waals surface area contributed by atoms with Crippen LogP contribution in [0.4, 0.5) is 0 Å². The predicted octanol–water partition coefficient (Wildman–Crippen LogP) is 2.15. The van der Waals surface area contributed by atoms with Gasteiger partial charge in [-0.2, -0.15) is 0 Å². The molecule has 0 fully saturated rings. The fourth-order valence-corrected chi connectivity index (χ4v) is 2.43. The zero-order valence-corrected chi connectivity index (χ0v) is 11.9. The highest BCUT2D eigenvalue weighted by Gasteiger charge is 2.11. The SMILES string of the molecule is Cc1ccc(-c2nnnn2CCCCN)c(Br)c1. The van der Waals surface area contributed by atoms with E-state index in [1.807, 2.05) is 10.7 Å². The second-order valence-electron chi connectivity index (χ2n) is 4.20. The van der Waals surface area contributed by atoms with Gasteiger partial charge in [-0.05, 0) is 54.4 Å². The van der Waals surface area contributed by atoms with E-state index in [9.17, 15) is 0 Å². The van der Waals surface area contributed by atoms with E-state index in [0.29, 0.717) is 6.54 Å². The van der Waals surface area contributed by atoms with Crippen LogP contribution in [-0.2, 0) is 6.54 Å². The number of tetrazole rings is 1. The molecule has 0 aliphatic rings. The highest BCUT2D eigenvalue weighted by molar-refractivity contribution is 9.10. The summed E-state index contributed by atoms with van der Waals surface area (Å²) in [6.45, 7) is 3.55. The van der Waals surface area contributed by atoms with Crippen molar-refractivity contribution in [3.8, 4) is 11.4 Å². The van der Waals surface area contributed by atoms with Gasteiger partial charge >= 0.3 is 0 Å². The number of aromatic nitrogens is 4. The van der Waals surface area contributed by atoms with Gasteiger partial charge in [-0.1, -0.05) is 22.0 Å². The summed E-state index contributed by atoms with van der Waals surface area (Å²) in [7, 11) is 0. The summed E-state index contributed by atoms with van der Waals surface area (Å²) in [5, 5.41) is 11.9. The zero-order chi connectivity index (χ0) is 13.0. The number of nitrogens with two attached hydrogens (primary N) is 1. The lowest BCUT2D eigenvalue weighted by Crippen LogP contribution is -2.06. The smallest absolute Gasteiger partial charge is 0.183 e. The Bertz CT molecular complexity index is 523. The van der Waals surface area contributed by atoms with E-state index in [0.717, 1.165) is 35.2 Å². The standard InChI is InChI=1S/C12H16BrN5/c1-9-4-5-10(11(13)8-9)12-15-16-17-18(12)7-3-2-6-14/h4-5,8H,2-3,6-7,14H2,1H3. The first-order chi connectivity index (χ1) is 8.72. The van der Waals surface area contributed by atoms with Gasteiger partial charge in [0.2, 0.25) is 0 Å². The Morgan fingerprint density at radius 2 is 2.17 bits per heavy atom. The minimum absolute atomic E-state index is 0.700. The summed E-state index contributed by atoms with van der Waals surface area (Å²) in [5.41, 5.74) is 7.70. The number of rotatable bonds is 5. The molecule has 1 aromatic heterocycles. The number of hydrogen-bond donors (Lipinski definition) is 1. The van der Waals surface area contributed by atoms with Gasteiger partial charge in [-0.3, -0.25) is 0 Å². The molecule has 2 N–H and O–H groups in total. The molecule has 0 atom stereocenters. The highest BCUT2D eigenvalue weighted by atomic mass is 79.9. The number of aryl methyl sites for hydroxylation is 2. The van der Waals surface area contributed by atoms with Crippen molar-refractivity contribution in [1.82, 2.24) is 20.2 Å². The maximum atomic E-state index is 5.49. The van der Waals surface area contributed by atoms with Crippen LogP contribution < -0.4 is 5.73 Å². The lowest BCUT2D eigenvalue weighted by molar-refractivity contribution is 0.548. The van der Waals surface area contributed by atoms with Crippen LogP contribution in [0.15, 0.2) is 22.7 Å². The molecule has 0 aliphatic carbocycles. The Balaban J connectivity index is 2.25. The number of nitrogens with zero attached hydrogens (tertiary/aromatic N) is 4. The number of benzene rings is 1. The summed E-state index contributed by atoms with van der Waals surface area (Å²) in [6.07, 6.45) is 1.96. The molecule has 0 radical (unpaired) electrons. The average molecular weight is 310 g/mol. The third-order valence-electron chi connectivity index (χ3n) is 2.72. The number of unbranched alkanes of at least 4 members (excludes halogenated alkanes) is 1. The van der Waals surface area contributed by atoms with E-state index in [4.69, 9.17) is 5.73 Å². The van der Waals surface area contributed by atoms with Gasteiger partial charge in [0.25, 0.3) is 0 Å². The molecule has 2 aromatic rings. The molecule has 0 amide bonds. The fourth-order valence-electron chi connectivity index (χ4n) is 1.76. The van der Waals surface area contributed by atoms with E-state index in [-0.39, 0.29) is 0 Å². The van der Waals surface area contributed by atoms with Gasteiger partial charge in [-0.25, -0.2) is 4.68 Å². The largest absolute Gasteiger partial charge is 0.330 e. The van der Waals surface area contributed by atoms with E-state index in [2.05, 4.69) is 50.5 Å². The molecule has 96 valence electrons. The molecule has 6 heteroatoms. The van der Waals surface area contributed by atoms with Crippen LogP contribution in [0.1, 0.15) is 18.4 Å². The quantitative estimate of drug-likeness (QED) is 0.859. The lowest BCUT2D eigenvalue weighted by Gasteiger charge is -2.06. The van der Waals surface area contributed by atoms with Gasteiger partial charge < -0.3 is 5.73 Å². The van der Waals surface area contributed by atoms with Gasteiger partial charge in [0.1, 0.15) is 0 Å². The van der Waals surface area contributed by atoms with Crippen LogP contribution in [0.2, 0.25) is 0 Å². The lowest BCUT2D eigenvalue weighted by atomic mass is 10.1. The Labute approximate surface area is 115 Å². The van der Waals surface area contributed by atoms with Crippen molar-refractivity contribution in [2.24, 2.45) is 5.73 Å². The van der Waals surface area contributed by atoms with Crippen LogP contribution in [-0.4, -0.2) is 26.8 Å². The third kappa shape index (κ3) is 2.94. The number of halogens is 1. The molecule has 0 aliphatic heterocycles. The molecule has 1 heterocycles. The van der Waals surface area contributed by atoms with Crippen molar-refractivity contribution in [2.45, 2.75) is 26.3 Å². The summed E-state index contributed by atoms with van der Waals surface area (Å²) in [5.74, 6) is 0.791. The monoisotopic (exact) mass is 309 g/mol. The summed E-state index contributed by atoms with van der Waals surface area (Å²) in [4.78, 5) is 0. The molecule has 0 saturated carbocycles. The van der Waals surface area contributed by atoms with E-state index < -0.39 is 0 Å². The van der Waals surface area contributed by atoms with Gasteiger partial charge in [0, 0.05) is 16.6 Å². The average Bonchev–Trinajstić information content (AvgIpc) is 2.78. The highest BCUT2D eigenvalue weighted by Crippen LogP contribution is 2.27. The van der Waals surface area contributed by atoms with Crippen LogP contribution in [0, 0.1) is 6.92 Å². The molecule has 1 aromatic carbocycles. The molecule has 0 unspecified atom stereocenters. The molecule has 0 spiro atoms. The van der Waals surface area contributed by atoms with Gasteiger partial charge in [0.15, 0.2) is 5.82 Å². The predicted molar refractivity (Wildman–Crippen MR) is 74.0 cm³/mol. The van der Waals surface area contributed by atoms with Crippen LogP contribution in [0.5, 0.6) is 0 Å². The van der Waals surface area contributed by atoms with E-state index in [1.54, 1.807) is 0 Å². The molecule has 2 rings (SSSR count). The Kier molecular flexibility index (Phi) is 4.43. The summed E-state index contributed by atoms with van der Waals surface area (Å²) >= 11 is 3.56. The van der Waals surface area contributed by atoms with Crippen molar-refractivity contribution in [3.63, 3.8) is 0 Å². The normalized spacial score (nSPS) is 10.8. The fraction of sp³-hybridized carbons (Fsp3) is 0.417. The second kappa shape index (κ2) is 6.06. The van der Waals surface area contributed by atoms with Crippen molar-refractivity contribution < 1.29 is 0 Å². The third-order valence-corrected chi connectivity index (χ3v) is 3.38. The first-order valence-corrected chi connectivity index (χ1v) is 6.74. The molecule has 5 nitrogen and oxygen atoms in total. The van der Waals surface area contributed by atoms with Crippen LogP contribution >= 0.6 is 15.9 Å². The molecular weight excluding hydrogens is 294 g/mol. The van der Waals surface area contributed by atoms with Gasteiger partial charge in [-0.15, -0.1) is 5.10 Å². The molecule has 18 heavy (non-hydrogen) atoms. The Morgan fingerprint density at radius 1 is 1.33 bits per heavy atom. The Morgan fingerprint density at radius 3 is 2.89 bits per heavy atom. The minimum atomic E-state index is 0.700. The minimum Gasteiger partial charge on any atom is -0.330 e. The summed E-state index contributed by atoms with van der Waals surface area (Å²) in [6, 6.07) is 6.15. The van der Waals surface area contributed by atoms with E-state index in [1.165, 1.54) is 5.56 Å². The van der Waals surface area contributed by atoms with Crippen LogP contribution in [0.25, 0.3) is 11.4 Å². The zero-order valence-electron chi connectivity index (χ0n) is 10.3. The van der Waals surface area contributed by atoms with Crippen molar-refractivity contribution in [2.75, 3.05) is 6.54 Å². The first-order valence-electron chi connectivity index (χ1n) is 5.95. The molecule has 0 saturated heterocycles. The molecular formula is C12H16BrN5. The van der Waals surface area contributed by atoms with Crippen molar-refractivity contribution in [3.05, 3.63) is 28.2 Å². The Hall–Kier alpha value is -1.27. The van der Waals surface area contributed by atoms with Crippen molar-refractivity contribution >= 4 is 15.9 Å². The van der Waals surface area contributed by atoms with Gasteiger partial charge in [0.05, 0.1) is 0 Å². The second-order valence-corrected chi connectivity index (χ2v) is 5.06. The topological polar surface area (TPSA) is 69.6 Å². The van der Waals surface area contributed by atoms with E-state index >= 15 is 0 Å². The van der Waals surface area contributed by atoms with Crippen molar-refractivity contribution in [1.29, 1.82) is 0 Å².